The van der Waals surface area contributed by atoms with Crippen LogP contribution in [0.5, 0.6) is 0 Å². The molecule has 120 valence electrons. The molecule has 3 rings (SSSR count). The molecule has 0 amide bonds. The lowest BCUT2D eigenvalue weighted by molar-refractivity contribution is 0.0982. The van der Waals surface area contributed by atoms with Gasteiger partial charge in [0.05, 0.1) is 12.2 Å². The highest BCUT2D eigenvalue weighted by molar-refractivity contribution is 8.01. The van der Waals surface area contributed by atoms with Gasteiger partial charge in [0, 0.05) is 21.8 Å². The molecule has 1 unspecified atom stereocenters. The monoisotopic (exact) mass is 374 g/mol. The Labute approximate surface area is 145 Å². The molecular weight excluding hydrogens is 365 g/mol. The van der Waals surface area contributed by atoms with Crippen molar-refractivity contribution in [2.45, 2.75) is 11.7 Å². The topological polar surface area (TPSA) is 33.2 Å². The number of alkyl halides is 2. The number of halogens is 4. The van der Waals surface area contributed by atoms with Gasteiger partial charge in [-0.25, -0.2) is 8.78 Å². The Kier molecular flexibility index (Phi) is 4.75. The molecule has 1 aliphatic rings. The maximum Gasteiger partial charge on any atom is 0.256 e. The van der Waals surface area contributed by atoms with E-state index >= 15 is 0 Å². The summed E-state index contributed by atoms with van der Waals surface area (Å²) in [6.45, 7) is -0.519. The number of aromatic nitrogens is 1. The second-order valence-corrected chi connectivity index (χ2v) is 6.75. The van der Waals surface area contributed by atoms with Gasteiger partial charge in [0.25, 0.3) is 6.43 Å². The van der Waals surface area contributed by atoms with E-state index in [2.05, 4.69) is 4.98 Å². The number of anilines is 1. The van der Waals surface area contributed by atoms with Gasteiger partial charge >= 0.3 is 0 Å². The quantitative estimate of drug-likeness (QED) is 0.704. The molecule has 1 aliphatic heterocycles. The summed E-state index contributed by atoms with van der Waals surface area (Å²) in [6, 6.07) is 8.09. The normalized spacial score (nSPS) is 17.5. The zero-order chi connectivity index (χ0) is 16.6. The average Bonchev–Trinajstić information content (AvgIpc) is 2.51. The number of pyridine rings is 1. The molecule has 1 aromatic carbocycles. The maximum absolute atomic E-state index is 12.9. The molecule has 0 saturated carbocycles. The molecule has 0 saturated heterocycles. The molecule has 1 aromatic heterocycles. The first-order chi connectivity index (χ1) is 11.0. The molecule has 8 heteroatoms. The van der Waals surface area contributed by atoms with Crippen LogP contribution in [-0.2, 0) is 0 Å². The van der Waals surface area contributed by atoms with Crippen LogP contribution in [0.4, 0.5) is 14.5 Å². The van der Waals surface area contributed by atoms with Crippen molar-refractivity contribution in [1.29, 1.82) is 0 Å². The van der Waals surface area contributed by atoms with Gasteiger partial charge in [0.15, 0.2) is 0 Å². The molecule has 0 spiro atoms. The van der Waals surface area contributed by atoms with Gasteiger partial charge < -0.3 is 4.31 Å². The third-order valence-electron chi connectivity index (χ3n) is 3.33. The van der Waals surface area contributed by atoms with Crippen LogP contribution in [0.1, 0.15) is 21.3 Å². The van der Waals surface area contributed by atoms with Gasteiger partial charge in [-0.1, -0.05) is 29.3 Å². The lowest BCUT2D eigenvalue weighted by Gasteiger charge is -2.33. The number of carbonyl (C=O) groups is 1. The number of benzene rings is 1. The van der Waals surface area contributed by atoms with E-state index in [1.54, 1.807) is 30.3 Å². The minimum Gasteiger partial charge on any atom is -0.307 e. The van der Waals surface area contributed by atoms with Crippen molar-refractivity contribution < 1.29 is 13.6 Å². The number of ketones is 1. The fraction of sp³-hybridized carbons (Fsp3) is 0.200. The average molecular weight is 375 g/mol. The number of rotatable bonds is 3. The first kappa shape index (κ1) is 16.5. The maximum atomic E-state index is 12.9. The zero-order valence-electron chi connectivity index (χ0n) is 11.5. The van der Waals surface area contributed by atoms with Crippen molar-refractivity contribution in [1.82, 2.24) is 4.98 Å². The Morgan fingerprint density at radius 3 is 2.57 bits per heavy atom. The Morgan fingerprint density at radius 1 is 1.22 bits per heavy atom. The van der Waals surface area contributed by atoms with Crippen molar-refractivity contribution in [3.05, 3.63) is 57.8 Å². The number of hydrogen-bond donors (Lipinski definition) is 0. The Morgan fingerprint density at radius 2 is 1.91 bits per heavy atom. The van der Waals surface area contributed by atoms with E-state index in [0.29, 0.717) is 21.3 Å². The van der Waals surface area contributed by atoms with Gasteiger partial charge in [-0.15, -0.1) is 0 Å². The van der Waals surface area contributed by atoms with Crippen molar-refractivity contribution in [2.24, 2.45) is 0 Å². The highest BCUT2D eigenvalue weighted by atomic mass is 35.5. The van der Waals surface area contributed by atoms with Crippen LogP contribution in [0.15, 0.2) is 36.5 Å². The number of Topliss-reactive ketones (excluding diaryl/α,β-unsaturated/α-hetero) is 1. The summed E-state index contributed by atoms with van der Waals surface area (Å²) in [7, 11) is 0. The molecule has 2 heterocycles. The molecule has 0 bridgehead atoms. The molecule has 23 heavy (non-hydrogen) atoms. The summed E-state index contributed by atoms with van der Waals surface area (Å²) >= 11 is 13.3. The van der Waals surface area contributed by atoms with Crippen LogP contribution in [0, 0.1) is 0 Å². The minimum atomic E-state index is -2.55. The van der Waals surface area contributed by atoms with Crippen LogP contribution in [-0.4, -0.2) is 23.7 Å². The predicted octanol–water partition coefficient (Wildman–Crippen LogP) is 5.05. The highest BCUT2D eigenvalue weighted by Crippen LogP contribution is 2.47. The lowest BCUT2D eigenvalue weighted by Crippen LogP contribution is -2.32. The summed E-state index contributed by atoms with van der Waals surface area (Å²) in [6.07, 6.45) is -1.09. The zero-order valence-corrected chi connectivity index (χ0v) is 13.9. The molecular formula is C15H10Cl2F2N2OS. The number of hydrogen-bond acceptors (Lipinski definition) is 4. The third kappa shape index (κ3) is 3.16. The standard InChI is InChI=1S/C15H10Cl2F2N2OS/c16-8-3-1-4-9(17)12(8)15-14(22)13-10(5-2-6-20-13)21(23-15)7-11(18)19/h1-6,11,15H,7H2. The van der Waals surface area contributed by atoms with Crippen LogP contribution >= 0.6 is 35.1 Å². The molecule has 2 aromatic rings. The molecule has 3 nitrogen and oxygen atoms in total. The van der Waals surface area contributed by atoms with Crippen molar-refractivity contribution in [2.75, 3.05) is 10.8 Å². The molecule has 0 N–H and O–H groups in total. The van der Waals surface area contributed by atoms with Crippen LogP contribution in [0.25, 0.3) is 0 Å². The predicted molar refractivity (Wildman–Crippen MR) is 88.7 cm³/mol. The highest BCUT2D eigenvalue weighted by Gasteiger charge is 2.38. The molecule has 0 aliphatic carbocycles. The Balaban J connectivity index is 2.09. The first-order valence-corrected chi connectivity index (χ1v) is 8.24. The summed E-state index contributed by atoms with van der Waals surface area (Å²) in [5.41, 5.74) is 0.941. The summed E-state index contributed by atoms with van der Waals surface area (Å²) < 4.78 is 27.1. The van der Waals surface area contributed by atoms with Crippen molar-refractivity contribution in [3.63, 3.8) is 0 Å². The van der Waals surface area contributed by atoms with Gasteiger partial charge in [-0.05, 0) is 36.2 Å². The van der Waals surface area contributed by atoms with E-state index in [1.165, 1.54) is 10.5 Å². The van der Waals surface area contributed by atoms with Gasteiger partial charge in [-0.3, -0.25) is 9.78 Å². The Hall–Kier alpha value is -1.37. The lowest BCUT2D eigenvalue weighted by atomic mass is 10.0. The van der Waals surface area contributed by atoms with Crippen molar-refractivity contribution >= 4 is 46.6 Å². The second-order valence-electron chi connectivity index (χ2n) is 4.81. The first-order valence-electron chi connectivity index (χ1n) is 6.64. The van der Waals surface area contributed by atoms with E-state index in [-0.39, 0.29) is 11.5 Å². The summed E-state index contributed by atoms with van der Waals surface area (Å²) in [5.74, 6) is -0.300. The molecule has 0 radical (unpaired) electrons. The SMILES string of the molecule is O=C1c2ncccc2N(CC(F)F)SC1c1c(Cl)cccc1Cl. The molecule has 0 fully saturated rings. The van der Waals surface area contributed by atoms with Crippen LogP contribution in [0.3, 0.4) is 0 Å². The molecule has 1 atom stereocenters. The fourth-order valence-corrected chi connectivity index (χ4v) is 4.38. The van der Waals surface area contributed by atoms with Crippen LogP contribution in [0.2, 0.25) is 10.0 Å². The van der Waals surface area contributed by atoms with E-state index in [1.807, 2.05) is 0 Å². The fourth-order valence-electron chi connectivity index (χ4n) is 2.36. The van der Waals surface area contributed by atoms with E-state index < -0.39 is 18.2 Å². The third-order valence-corrected chi connectivity index (χ3v) is 5.25. The Bertz CT molecular complexity index is 740. The van der Waals surface area contributed by atoms with Gasteiger partial charge in [0.2, 0.25) is 5.78 Å². The van der Waals surface area contributed by atoms with E-state index in [9.17, 15) is 13.6 Å². The van der Waals surface area contributed by atoms with E-state index in [4.69, 9.17) is 23.2 Å². The smallest absolute Gasteiger partial charge is 0.256 e. The largest absolute Gasteiger partial charge is 0.307 e. The number of nitrogens with zero attached hydrogens (tertiary/aromatic N) is 2. The van der Waals surface area contributed by atoms with Crippen molar-refractivity contribution in [3.8, 4) is 0 Å². The van der Waals surface area contributed by atoms with Gasteiger partial charge in [-0.2, -0.15) is 0 Å². The van der Waals surface area contributed by atoms with Gasteiger partial charge in [0.1, 0.15) is 10.9 Å². The second kappa shape index (κ2) is 6.63. The number of carbonyl (C=O) groups excluding carboxylic acids is 1. The van der Waals surface area contributed by atoms with E-state index in [0.717, 1.165) is 11.9 Å². The minimum absolute atomic E-state index is 0.146. The van der Waals surface area contributed by atoms with Crippen LogP contribution < -0.4 is 4.31 Å². The summed E-state index contributed by atoms with van der Waals surface area (Å²) in [5, 5.41) is -0.170. The summed E-state index contributed by atoms with van der Waals surface area (Å²) in [4.78, 5) is 16.8. The number of fused-ring (bicyclic) bond motifs is 1.